The Morgan fingerprint density at radius 1 is 1.07 bits per heavy atom. The van der Waals surface area contributed by atoms with Crippen molar-refractivity contribution in [1.82, 2.24) is 30.9 Å². The second kappa shape index (κ2) is 14.9. The number of hydrogen-bond acceptors (Lipinski definition) is 9. The molecule has 0 saturated carbocycles. The van der Waals surface area contributed by atoms with E-state index in [1.807, 2.05) is 0 Å². The normalized spacial score (nSPS) is 14.4. The number of halogens is 4. The number of nitrogens with one attached hydrogen (secondary N) is 4. The first-order valence-corrected chi connectivity index (χ1v) is 15.0. The van der Waals surface area contributed by atoms with Crippen LogP contribution >= 0.6 is 23.2 Å². The van der Waals surface area contributed by atoms with Crippen molar-refractivity contribution >= 4 is 40.6 Å². The minimum Gasteiger partial charge on any atom is -0.481 e. The van der Waals surface area contributed by atoms with Gasteiger partial charge in [0, 0.05) is 73.8 Å². The number of ether oxygens (including phenoxy) is 1. The number of hydrogen-bond donors (Lipinski definition) is 5. The molecule has 4 aromatic rings. The van der Waals surface area contributed by atoms with E-state index in [9.17, 15) is 4.79 Å². The Bertz CT molecular complexity index is 1700. The summed E-state index contributed by atoms with van der Waals surface area (Å²) in [6, 6.07) is 9.51. The van der Waals surface area contributed by atoms with Crippen LogP contribution in [0.5, 0.6) is 5.88 Å². The van der Waals surface area contributed by atoms with E-state index in [0.29, 0.717) is 47.6 Å². The van der Waals surface area contributed by atoms with E-state index in [4.69, 9.17) is 33.0 Å². The highest BCUT2D eigenvalue weighted by Crippen LogP contribution is 2.41. The lowest BCUT2D eigenvalue weighted by Crippen LogP contribution is -2.35. The summed E-state index contributed by atoms with van der Waals surface area (Å²) in [6.45, 7) is 1.10. The third kappa shape index (κ3) is 7.48. The van der Waals surface area contributed by atoms with Crippen LogP contribution in [0.25, 0.3) is 22.5 Å². The molecule has 0 bridgehead atoms. The first-order valence-electron chi connectivity index (χ1n) is 14.2. The summed E-state index contributed by atoms with van der Waals surface area (Å²) in [7, 11) is 1.41. The van der Waals surface area contributed by atoms with Gasteiger partial charge in [-0.3, -0.25) is 9.78 Å². The number of carbonyl (C=O) groups excluding carboxylic acids is 1. The van der Waals surface area contributed by atoms with Gasteiger partial charge in [0.2, 0.25) is 11.8 Å². The van der Waals surface area contributed by atoms with Gasteiger partial charge in [-0.1, -0.05) is 35.3 Å². The molecule has 10 nitrogen and oxygen atoms in total. The summed E-state index contributed by atoms with van der Waals surface area (Å²) in [6.07, 6.45) is 4.18. The van der Waals surface area contributed by atoms with Crippen molar-refractivity contribution in [3.63, 3.8) is 0 Å². The molecule has 5 N–H and O–H groups in total. The number of aromatic nitrogens is 3. The fraction of sp³-hybridized carbons (Fsp3) is 0.290. The molecule has 4 heterocycles. The Hall–Kier alpha value is -3.94. The summed E-state index contributed by atoms with van der Waals surface area (Å²) >= 11 is 13.6. The fourth-order valence-electron chi connectivity index (χ4n) is 4.96. The molecule has 3 aromatic heterocycles. The van der Waals surface area contributed by atoms with E-state index in [-0.39, 0.29) is 64.6 Å². The number of nitrogens with zero attached hydrogens (tertiary/aromatic N) is 3. The number of amides is 1. The predicted molar refractivity (Wildman–Crippen MR) is 169 cm³/mol. The van der Waals surface area contributed by atoms with Crippen LogP contribution in [0.4, 0.5) is 20.3 Å². The van der Waals surface area contributed by atoms with Gasteiger partial charge in [0.1, 0.15) is 5.82 Å². The van der Waals surface area contributed by atoms with Crippen molar-refractivity contribution in [3.8, 4) is 28.4 Å². The lowest BCUT2D eigenvalue weighted by Gasteiger charge is -2.16. The maximum absolute atomic E-state index is 15.4. The third-order valence-corrected chi connectivity index (χ3v) is 8.04. The van der Waals surface area contributed by atoms with Crippen LogP contribution in [0.2, 0.25) is 10.0 Å². The maximum atomic E-state index is 15.4. The Morgan fingerprint density at radius 2 is 1.89 bits per heavy atom. The molecule has 1 saturated heterocycles. The number of rotatable bonds is 13. The van der Waals surface area contributed by atoms with Gasteiger partial charge < -0.3 is 31.1 Å². The molecule has 0 spiro atoms. The molecule has 1 fully saturated rings. The van der Waals surface area contributed by atoms with Gasteiger partial charge in [-0.25, -0.2) is 18.7 Å². The molecular formula is C31H31Cl2F2N7O3. The van der Waals surface area contributed by atoms with Gasteiger partial charge in [0.15, 0.2) is 11.6 Å². The van der Waals surface area contributed by atoms with E-state index in [0.717, 1.165) is 6.42 Å². The van der Waals surface area contributed by atoms with Gasteiger partial charge in [-0.15, -0.1) is 0 Å². The van der Waals surface area contributed by atoms with Gasteiger partial charge in [-0.05, 0) is 24.6 Å². The lowest BCUT2D eigenvalue weighted by atomic mass is 10.0. The SMILES string of the molecule is COc1nc(-c2ccnc(-c3cccc(Nc4nccc(CNCCO)c4F)c3Cl)c2Cl)cc(F)c1CNC[C@H]1CCC(=O)N1. The molecule has 14 heteroatoms. The minimum absolute atomic E-state index is 0.00602. The Morgan fingerprint density at radius 3 is 2.64 bits per heavy atom. The smallest absolute Gasteiger partial charge is 0.221 e. The quantitative estimate of drug-likeness (QED) is 0.126. The average Bonchev–Trinajstić information content (AvgIpc) is 3.45. The number of pyridine rings is 3. The van der Waals surface area contributed by atoms with Crippen LogP contribution < -0.4 is 26.0 Å². The zero-order valence-corrected chi connectivity index (χ0v) is 25.8. The standard InChI is InChI=1S/C31H31Cl2F2N7O3/c1-45-31-21(16-37-15-18-5-6-25(44)40-18)22(34)13-24(42-31)19-8-10-38-29(27(19)33)20-3-2-4-23(26(20)32)41-30-28(35)17(7-9-39-30)14-36-11-12-43/h2-4,7-10,13,18,36-37,43H,5-6,11-12,14-16H2,1H3,(H,39,41)(H,40,44)/t18-/m1/s1. The van der Waals surface area contributed by atoms with Gasteiger partial charge >= 0.3 is 0 Å². The topological polar surface area (TPSA) is 133 Å². The largest absolute Gasteiger partial charge is 0.481 e. The number of aliphatic hydroxyl groups is 1. The Labute approximate surface area is 268 Å². The molecule has 1 aliphatic heterocycles. The zero-order valence-electron chi connectivity index (χ0n) is 24.3. The zero-order chi connectivity index (χ0) is 31.9. The molecule has 0 unspecified atom stereocenters. The number of carbonyl (C=O) groups is 1. The summed E-state index contributed by atoms with van der Waals surface area (Å²) in [4.78, 5) is 24.5. The number of aliphatic hydroxyl groups excluding tert-OH is 1. The summed E-state index contributed by atoms with van der Waals surface area (Å²) in [5.41, 5.74) is 2.36. The molecule has 1 amide bonds. The second-order valence-corrected chi connectivity index (χ2v) is 11.0. The van der Waals surface area contributed by atoms with E-state index in [2.05, 4.69) is 36.2 Å². The van der Waals surface area contributed by atoms with Crippen molar-refractivity contribution < 1.29 is 23.4 Å². The summed E-state index contributed by atoms with van der Waals surface area (Å²) < 4.78 is 36.0. The number of methoxy groups -OCH3 is 1. The minimum atomic E-state index is -0.562. The van der Waals surface area contributed by atoms with Crippen LogP contribution in [0, 0.1) is 11.6 Å². The Kier molecular flexibility index (Phi) is 10.7. The van der Waals surface area contributed by atoms with Crippen LogP contribution in [-0.4, -0.2) is 58.8 Å². The fourth-order valence-corrected chi connectivity index (χ4v) is 5.54. The Balaban J connectivity index is 1.40. The molecule has 236 valence electrons. The highest BCUT2D eigenvalue weighted by molar-refractivity contribution is 6.39. The van der Waals surface area contributed by atoms with Gasteiger partial charge in [0.05, 0.1) is 46.4 Å². The highest BCUT2D eigenvalue weighted by atomic mass is 35.5. The second-order valence-electron chi connectivity index (χ2n) is 10.3. The molecule has 1 aliphatic rings. The average molecular weight is 659 g/mol. The van der Waals surface area contributed by atoms with Crippen molar-refractivity contribution in [2.75, 3.05) is 32.1 Å². The molecule has 0 radical (unpaired) electrons. The third-order valence-electron chi connectivity index (χ3n) is 7.25. The predicted octanol–water partition coefficient (Wildman–Crippen LogP) is 4.99. The molecule has 0 aliphatic carbocycles. The van der Waals surface area contributed by atoms with E-state index in [1.165, 1.54) is 25.6 Å². The van der Waals surface area contributed by atoms with Crippen LogP contribution in [-0.2, 0) is 17.9 Å². The molecule has 45 heavy (non-hydrogen) atoms. The van der Waals surface area contributed by atoms with Crippen LogP contribution in [0.3, 0.4) is 0 Å². The molecule has 5 rings (SSSR count). The monoisotopic (exact) mass is 657 g/mol. The first kappa shape index (κ1) is 32.5. The van der Waals surface area contributed by atoms with Crippen LogP contribution in [0.15, 0.2) is 48.8 Å². The highest BCUT2D eigenvalue weighted by Gasteiger charge is 2.23. The molecular weight excluding hydrogens is 627 g/mol. The van der Waals surface area contributed by atoms with Gasteiger partial charge in [0.25, 0.3) is 0 Å². The van der Waals surface area contributed by atoms with Crippen molar-refractivity contribution in [1.29, 1.82) is 0 Å². The first-order chi connectivity index (χ1) is 21.8. The number of anilines is 2. The summed E-state index contributed by atoms with van der Waals surface area (Å²) in [5, 5.41) is 21.3. The van der Waals surface area contributed by atoms with Crippen molar-refractivity contribution in [2.24, 2.45) is 0 Å². The molecule has 1 atom stereocenters. The lowest BCUT2D eigenvalue weighted by molar-refractivity contribution is -0.119. The van der Waals surface area contributed by atoms with Crippen molar-refractivity contribution in [3.05, 3.63) is 81.6 Å². The van der Waals surface area contributed by atoms with Crippen molar-refractivity contribution in [2.45, 2.75) is 32.0 Å². The van der Waals surface area contributed by atoms with Crippen LogP contribution in [0.1, 0.15) is 24.0 Å². The van der Waals surface area contributed by atoms with Gasteiger partial charge in [-0.2, -0.15) is 0 Å². The van der Waals surface area contributed by atoms with E-state index < -0.39 is 11.6 Å². The van der Waals surface area contributed by atoms with E-state index in [1.54, 1.807) is 30.3 Å². The maximum Gasteiger partial charge on any atom is 0.221 e. The number of benzene rings is 1. The molecule has 1 aromatic carbocycles. The van der Waals surface area contributed by atoms with E-state index >= 15 is 8.78 Å². The summed E-state index contributed by atoms with van der Waals surface area (Å²) in [5.74, 6) is -1.03.